The van der Waals surface area contributed by atoms with Crippen LogP contribution in [0.1, 0.15) is 5.56 Å². The van der Waals surface area contributed by atoms with E-state index in [9.17, 15) is 13.2 Å². The summed E-state index contributed by atoms with van der Waals surface area (Å²) in [6.45, 7) is 3.33. The number of hydrogen-bond acceptors (Lipinski definition) is 10. The Morgan fingerprint density at radius 3 is 2.74 bits per heavy atom. The van der Waals surface area contributed by atoms with Gasteiger partial charge >= 0.3 is 0 Å². The third-order valence-corrected chi connectivity index (χ3v) is 8.22. The maximum atomic E-state index is 12.9. The second-order valence-corrected chi connectivity index (χ2v) is 10.8. The standard InChI is InChI=1S/C22H25N7O4S2/c1-33-19-4-2-16-21(25-19)15(6-8-23-16)7-9-28-10-12-29(13-11-28)27-35(31,32)20-5-3-17-22(26-20)24-18(30)14-34-17/h2-6,8,27H,7,9-14H2,1H3,(H,24,26,30). The van der Waals surface area contributed by atoms with Crippen LogP contribution >= 0.6 is 11.8 Å². The Labute approximate surface area is 207 Å². The molecule has 5 rings (SSSR count). The summed E-state index contributed by atoms with van der Waals surface area (Å²) >= 11 is 1.34. The zero-order valence-corrected chi connectivity index (χ0v) is 20.7. The molecular formula is C22H25N7O4S2. The minimum atomic E-state index is -3.86. The van der Waals surface area contributed by atoms with Crippen LogP contribution in [0, 0.1) is 0 Å². The maximum Gasteiger partial charge on any atom is 0.270 e. The summed E-state index contributed by atoms with van der Waals surface area (Å²) in [6, 6.07) is 8.82. The van der Waals surface area contributed by atoms with E-state index in [4.69, 9.17) is 4.74 Å². The quantitative estimate of drug-likeness (QED) is 0.472. The molecule has 0 unspecified atom stereocenters. The Morgan fingerprint density at radius 1 is 1.11 bits per heavy atom. The number of methoxy groups -OCH3 is 1. The van der Waals surface area contributed by atoms with Crippen molar-refractivity contribution in [2.45, 2.75) is 16.3 Å². The van der Waals surface area contributed by atoms with Crippen molar-refractivity contribution in [3.05, 3.63) is 42.1 Å². The molecule has 1 saturated heterocycles. The van der Waals surface area contributed by atoms with E-state index >= 15 is 0 Å². The first kappa shape index (κ1) is 23.9. The van der Waals surface area contributed by atoms with E-state index in [-0.39, 0.29) is 16.8 Å². The van der Waals surface area contributed by atoms with Crippen LogP contribution in [0.3, 0.4) is 0 Å². The molecule has 184 valence electrons. The highest BCUT2D eigenvalue weighted by atomic mass is 32.2. The fraction of sp³-hybridized carbons (Fsp3) is 0.364. The molecule has 0 spiro atoms. The second kappa shape index (κ2) is 10.0. The molecule has 1 amide bonds. The van der Waals surface area contributed by atoms with Crippen LogP contribution in [0.25, 0.3) is 11.0 Å². The number of piperazine rings is 1. The lowest BCUT2D eigenvalue weighted by Crippen LogP contribution is -2.53. The average Bonchev–Trinajstić information content (AvgIpc) is 2.87. The van der Waals surface area contributed by atoms with Gasteiger partial charge in [0.1, 0.15) is 5.82 Å². The zero-order chi connectivity index (χ0) is 24.4. The molecule has 35 heavy (non-hydrogen) atoms. The minimum absolute atomic E-state index is 0.117. The van der Waals surface area contributed by atoms with E-state index in [1.807, 2.05) is 12.1 Å². The minimum Gasteiger partial charge on any atom is -0.481 e. The molecule has 3 aromatic heterocycles. The van der Waals surface area contributed by atoms with Crippen LogP contribution in [-0.4, -0.2) is 84.8 Å². The Balaban J connectivity index is 1.17. The summed E-state index contributed by atoms with van der Waals surface area (Å²) < 4.78 is 31.0. The Hall–Kier alpha value is -2.84. The van der Waals surface area contributed by atoms with Gasteiger partial charge < -0.3 is 15.0 Å². The van der Waals surface area contributed by atoms with Crippen LogP contribution in [0.15, 0.2) is 46.5 Å². The van der Waals surface area contributed by atoms with Gasteiger partial charge in [-0.15, -0.1) is 16.6 Å². The number of nitrogens with zero attached hydrogens (tertiary/aromatic N) is 5. The lowest BCUT2D eigenvalue weighted by atomic mass is 10.1. The molecule has 11 nitrogen and oxygen atoms in total. The normalized spacial score (nSPS) is 17.2. The van der Waals surface area contributed by atoms with Crippen molar-refractivity contribution in [1.82, 2.24) is 29.7 Å². The molecule has 2 aliphatic rings. The van der Waals surface area contributed by atoms with Crippen molar-refractivity contribution in [2.75, 3.05) is 50.9 Å². The third kappa shape index (κ3) is 5.38. The molecule has 0 atom stereocenters. The number of sulfonamides is 1. The van der Waals surface area contributed by atoms with E-state index < -0.39 is 10.0 Å². The Bertz CT molecular complexity index is 1360. The predicted octanol–water partition coefficient (Wildman–Crippen LogP) is 1.13. The number of rotatable bonds is 7. The molecule has 13 heteroatoms. The summed E-state index contributed by atoms with van der Waals surface area (Å²) in [5.41, 5.74) is 2.77. The van der Waals surface area contributed by atoms with Crippen LogP contribution < -0.4 is 14.9 Å². The number of anilines is 1. The molecule has 2 N–H and O–H groups in total. The number of hydrazine groups is 1. The highest BCUT2D eigenvalue weighted by Crippen LogP contribution is 2.30. The molecule has 5 heterocycles. The van der Waals surface area contributed by atoms with Gasteiger partial charge in [0.15, 0.2) is 5.03 Å². The largest absolute Gasteiger partial charge is 0.481 e. The number of amides is 1. The highest BCUT2D eigenvalue weighted by Gasteiger charge is 2.26. The molecule has 0 saturated carbocycles. The lowest BCUT2D eigenvalue weighted by molar-refractivity contribution is -0.113. The number of ether oxygens (including phenoxy) is 1. The van der Waals surface area contributed by atoms with Gasteiger partial charge in [0.05, 0.1) is 28.8 Å². The third-order valence-electron chi connectivity index (χ3n) is 5.89. The number of fused-ring (bicyclic) bond motifs is 2. The van der Waals surface area contributed by atoms with Crippen LogP contribution in [-0.2, 0) is 21.2 Å². The van der Waals surface area contributed by atoms with Gasteiger partial charge in [-0.2, -0.15) is 0 Å². The summed E-state index contributed by atoms with van der Waals surface area (Å²) in [5, 5.41) is 4.20. The first-order chi connectivity index (χ1) is 16.9. The first-order valence-electron chi connectivity index (χ1n) is 11.1. The van der Waals surface area contributed by atoms with Gasteiger partial charge in [-0.1, -0.05) is 0 Å². The van der Waals surface area contributed by atoms with Crippen molar-refractivity contribution in [2.24, 2.45) is 0 Å². The summed E-state index contributed by atoms with van der Waals surface area (Å²) in [4.78, 5) is 30.4. The maximum absolute atomic E-state index is 12.9. The van der Waals surface area contributed by atoms with E-state index in [2.05, 4.69) is 30.0 Å². The van der Waals surface area contributed by atoms with Crippen molar-refractivity contribution in [3.63, 3.8) is 0 Å². The van der Waals surface area contributed by atoms with Crippen LogP contribution in [0.5, 0.6) is 5.88 Å². The molecule has 1 fully saturated rings. The Kier molecular flexibility index (Phi) is 6.84. The highest BCUT2D eigenvalue weighted by molar-refractivity contribution is 8.00. The fourth-order valence-corrected chi connectivity index (χ4v) is 5.86. The first-order valence-corrected chi connectivity index (χ1v) is 13.6. The number of carbonyl (C=O) groups is 1. The number of aromatic nitrogens is 3. The number of thioether (sulfide) groups is 1. The Morgan fingerprint density at radius 2 is 1.94 bits per heavy atom. The van der Waals surface area contributed by atoms with Crippen molar-refractivity contribution in [3.8, 4) is 5.88 Å². The van der Waals surface area contributed by atoms with E-state index in [1.54, 1.807) is 30.4 Å². The van der Waals surface area contributed by atoms with Gasteiger partial charge in [-0.25, -0.2) is 23.4 Å². The summed E-state index contributed by atoms with van der Waals surface area (Å²) in [5.74, 6) is 0.950. The number of pyridine rings is 3. The average molecular weight is 516 g/mol. The molecular weight excluding hydrogens is 490 g/mol. The number of hydrogen-bond donors (Lipinski definition) is 2. The molecule has 3 aromatic rings. The van der Waals surface area contributed by atoms with Crippen LogP contribution in [0.4, 0.5) is 5.82 Å². The van der Waals surface area contributed by atoms with Crippen molar-refractivity contribution in [1.29, 1.82) is 0 Å². The number of nitrogens with one attached hydrogen (secondary N) is 2. The molecule has 0 bridgehead atoms. The fourth-order valence-electron chi connectivity index (χ4n) is 4.03. The molecule has 0 aromatic carbocycles. The van der Waals surface area contributed by atoms with Crippen molar-refractivity contribution >= 4 is 44.5 Å². The second-order valence-electron chi connectivity index (χ2n) is 8.20. The SMILES string of the molecule is COc1ccc2nccc(CCN3CCN(NS(=O)(=O)c4ccc5c(n4)NC(=O)CS5)CC3)c2n1. The molecule has 0 radical (unpaired) electrons. The molecule has 0 aliphatic carbocycles. The van der Waals surface area contributed by atoms with Gasteiger partial charge in [0.2, 0.25) is 11.8 Å². The van der Waals surface area contributed by atoms with E-state index in [0.29, 0.717) is 37.8 Å². The smallest absolute Gasteiger partial charge is 0.270 e. The molecule has 2 aliphatic heterocycles. The lowest BCUT2D eigenvalue weighted by Gasteiger charge is -2.34. The zero-order valence-electron chi connectivity index (χ0n) is 19.1. The van der Waals surface area contributed by atoms with Gasteiger partial charge in [-0.3, -0.25) is 9.78 Å². The van der Waals surface area contributed by atoms with Gasteiger partial charge in [0.25, 0.3) is 10.0 Å². The van der Waals surface area contributed by atoms with Gasteiger partial charge in [-0.05, 0) is 36.2 Å². The summed E-state index contributed by atoms with van der Waals surface area (Å²) in [7, 11) is -2.26. The van der Waals surface area contributed by atoms with E-state index in [1.165, 1.54) is 17.8 Å². The predicted molar refractivity (Wildman–Crippen MR) is 132 cm³/mol. The van der Waals surface area contributed by atoms with E-state index in [0.717, 1.165) is 34.5 Å². The van der Waals surface area contributed by atoms with Crippen molar-refractivity contribution < 1.29 is 17.9 Å². The summed E-state index contributed by atoms with van der Waals surface area (Å²) in [6.07, 6.45) is 2.59. The number of carbonyl (C=O) groups excluding carboxylic acids is 1. The monoisotopic (exact) mass is 515 g/mol. The van der Waals surface area contributed by atoms with Crippen LogP contribution in [0.2, 0.25) is 0 Å². The topological polar surface area (TPSA) is 130 Å². The van der Waals surface area contributed by atoms with Gasteiger partial charge in [0, 0.05) is 45.0 Å².